The highest BCUT2D eigenvalue weighted by Crippen LogP contribution is 2.01. The molecule has 96 valence electrons. The highest BCUT2D eigenvalue weighted by atomic mass is 32.2. The SMILES string of the molecule is CCC(CN)NS(=O)(=O)CCc1ccncc1. The number of rotatable bonds is 7. The lowest BCUT2D eigenvalue weighted by Gasteiger charge is -2.14. The van der Waals surface area contributed by atoms with Crippen molar-refractivity contribution in [3.8, 4) is 0 Å². The molecule has 1 aromatic rings. The zero-order valence-corrected chi connectivity index (χ0v) is 10.8. The van der Waals surface area contributed by atoms with Gasteiger partial charge in [0, 0.05) is 25.0 Å². The normalized spacial score (nSPS) is 13.5. The summed E-state index contributed by atoms with van der Waals surface area (Å²) in [6, 6.07) is 3.46. The van der Waals surface area contributed by atoms with Crippen LogP contribution in [0.25, 0.3) is 0 Å². The van der Waals surface area contributed by atoms with Crippen molar-refractivity contribution in [2.24, 2.45) is 5.73 Å². The number of nitrogens with one attached hydrogen (secondary N) is 1. The predicted molar refractivity (Wildman–Crippen MR) is 68.0 cm³/mol. The fourth-order valence-electron chi connectivity index (χ4n) is 1.41. The standard InChI is InChI=1S/C11H19N3O2S/c1-2-11(9-12)14-17(15,16)8-5-10-3-6-13-7-4-10/h3-4,6-7,11,14H,2,5,8-9,12H2,1H3. The van der Waals surface area contributed by atoms with Crippen molar-refractivity contribution in [2.75, 3.05) is 12.3 Å². The van der Waals surface area contributed by atoms with Gasteiger partial charge in [0.25, 0.3) is 0 Å². The van der Waals surface area contributed by atoms with Crippen LogP contribution in [0.3, 0.4) is 0 Å². The van der Waals surface area contributed by atoms with E-state index in [0.29, 0.717) is 19.4 Å². The van der Waals surface area contributed by atoms with E-state index in [1.165, 1.54) is 0 Å². The molecule has 0 fully saturated rings. The summed E-state index contributed by atoms with van der Waals surface area (Å²) in [5.41, 5.74) is 6.43. The molecule has 1 aromatic heterocycles. The minimum Gasteiger partial charge on any atom is -0.329 e. The second-order valence-electron chi connectivity index (χ2n) is 3.88. The molecule has 0 aliphatic heterocycles. The smallest absolute Gasteiger partial charge is 0.212 e. The number of nitrogens with zero attached hydrogens (tertiary/aromatic N) is 1. The Hall–Kier alpha value is -0.980. The molecule has 1 unspecified atom stereocenters. The fourth-order valence-corrected chi connectivity index (χ4v) is 2.81. The first-order valence-corrected chi connectivity index (χ1v) is 7.31. The third kappa shape index (κ3) is 5.25. The largest absolute Gasteiger partial charge is 0.329 e. The van der Waals surface area contributed by atoms with Crippen LogP contribution in [0.2, 0.25) is 0 Å². The monoisotopic (exact) mass is 257 g/mol. The molecule has 0 bridgehead atoms. The number of hydrogen-bond donors (Lipinski definition) is 2. The summed E-state index contributed by atoms with van der Waals surface area (Å²) in [5, 5.41) is 0. The van der Waals surface area contributed by atoms with Crippen molar-refractivity contribution in [1.29, 1.82) is 0 Å². The molecule has 17 heavy (non-hydrogen) atoms. The van der Waals surface area contributed by atoms with E-state index in [1.807, 2.05) is 19.1 Å². The van der Waals surface area contributed by atoms with Crippen molar-refractivity contribution >= 4 is 10.0 Å². The Bertz CT molecular complexity index is 416. The van der Waals surface area contributed by atoms with Crippen LogP contribution >= 0.6 is 0 Å². The van der Waals surface area contributed by atoms with E-state index in [1.54, 1.807) is 12.4 Å². The van der Waals surface area contributed by atoms with E-state index in [9.17, 15) is 8.42 Å². The van der Waals surface area contributed by atoms with Gasteiger partial charge in [0.05, 0.1) is 5.75 Å². The highest BCUT2D eigenvalue weighted by Gasteiger charge is 2.15. The number of aromatic nitrogens is 1. The van der Waals surface area contributed by atoms with Crippen LogP contribution < -0.4 is 10.5 Å². The summed E-state index contributed by atoms with van der Waals surface area (Å²) in [4.78, 5) is 3.88. The Kier molecular flexibility index (Phi) is 5.54. The number of sulfonamides is 1. The molecule has 0 aliphatic rings. The average molecular weight is 257 g/mol. The van der Waals surface area contributed by atoms with Gasteiger partial charge in [0.15, 0.2) is 0 Å². The molecule has 1 rings (SSSR count). The maximum Gasteiger partial charge on any atom is 0.212 e. The molecule has 0 spiro atoms. The zero-order valence-electron chi connectivity index (χ0n) is 9.96. The van der Waals surface area contributed by atoms with Crippen molar-refractivity contribution < 1.29 is 8.42 Å². The number of aryl methyl sites for hydroxylation is 1. The van der Waals surface area contributed by atoms with Crippen molar-refractivity contribution in [3.63, 3.8) is 0 Å². The molecule has 0 radical (unpaired) electrons. The van der Waals surface area contributed by atoms with Crippen LogP contribution in [0.1, 0.15) is 18.9 Å². The predicted octanol–water partition coefficient (Wildman–Crippen LogP) is 0.281. The molecule has 6 heteroatoms. The molecule has 0 saturated carbocycles. The Morgan fingerprint density at radius 1 is 1.41 bits per heavy atom. The van der Waals surface area contributed by atoms with E-state index in [4.69, 9.17) is 5.73 Å². The quantitative estimate of drug-likeness (QED) is 0.735. The lowest BCUT2D eigenvalue weighted by molar-refractivity contribution is 0.542. The average Bonchev–Trinajstić information content (AvgIpc) is 2.35. The molecular weight excluding hydrogens is 238 g/mol. The van der Waals surface area contributed by atoms with Crippen LogP contribution in [0.15, 0.2) is 24.5 Å². The first-order chi connectivity index (χ1) is 8.07. The van der Waals surface area contributed by atoms with Gasteiger partial charge in [-0.15, -0.1) is 0 Å². The molecule has 0 aliphatic carbocycles. The van der Waals surface area contributed by atoms with Crippen LogP contribution in [0.5, 0.6) is 0 Å². The van der Waals surface area contributed by atoms with Gasteiger partial charge in [-0.1, -0.05) is 6.92 Å². The second-order valence-corrected chi connectivity index (χ2v) is 5.76. The van der Waals surface area contributed by atoms with Gasteiger partial charge in [0.1, 0.15) is 0 Å². The first-order valence-electron chi connectivity index (χ1n) is 5.66. The van der Waals surface area contributed by atoms with Crippen molar-refractivity contribution in [3.05, 3.63) is 30.1 Å². The molecule has 0 saturated heterocycles. The lowest BCUT2D eigenvalue weighted by Crippen LogP contribution is -2.41. The van der Waals surface area contributed by atoms with Crippen LogP contribution in [0.4, 0.5) is 0 Å². The minimum atomic E-state index is -3.25. The van der Waals surface area contributed by atoms with E-state index in [-0.39, 0.29) is 11.8 Å². The summed E-state index contributed by atoms with van der Waals surface area (Å²) in [6.45, 7) is 2.23. The molecule has 1 atom stereocenters. The Balaban J connectivity index is 2.50. The topological polar surface area (TPSA) is 85.1 Å². The summed E-state index contributed by atoms with van der Waals surface area (Å²) in [6.07, 6.45) is 4.50. The number of hydrogen-bond acceptors (Lipinski definition) is 4. The lowest BCUT2D eigenvalue weighted by atomic mass is 10.2. The highest BCUT2D eigenvalue weighted by molar-refractivity contribution is 7.89. The number of nitrogens with two attached hydrogens (primary N) is 1. The fraction of sp³-hybridized carbons (Fsp3) is 0.545. The third-order valence-corrected chi connectivity index (χ3v) is 3.97. The van der Waals surface area contributed by atoms with Crippen LogP contribution in [0, 0.1) is 0 Å². The molecule has 0 amide bonds. The maximum absolute atomic E-state index is 11.7. The van der Waals surface area contributed by atoms with E-state index < -0.39 is 10.0 Å². The molecule has 3 N–H and O–H groups in total. The summed E-state index contributed by atoms with van der Waals surface area (Å²) < 4.78 is 26.1. The van der Waals surface area contributed by atoms with Gasteiger partial charge >= 0.3 is 0 Å². The Labute approximate surface area is 102 Å². The molecular formula is C11H19N3O2S. The van der Waals surface area contributed by atoms with Crippen molar-refractivity contribution in [1.82, 2.24) is 9.71 Å². The van der Waals surface area contributed by atoms with Gasteiger partial charge in [-0.05, 0) is 30.5 Å². The van der Waals surface area contributed by atoms with Crippen LogP contribution in [-0.4, -0.2) is 31.7 Å². The van der Waals surface area contributed by atoms with Crippen molar-refractivity contribution in [2.45, 2.75) is 25.8 Å². The van der Waals surface area contributed by atoms with Gasteiger partial charge in [-0.2, -0.15) is 0 Å². The van der Waals surface area contributed by atoms with Gasteiger partial charge in [-0.3, -0.25) is 4.98 Å². The molecule has 1 heterocycles. The first kappa shape index (κ1) is 14.1. The summed E-state index contributed by atoms with van der Waals surface area (Å²) >= 11 is 0. The Morgan fingerprint density at radius 3 is 2.59 bits per heavy atom. The minimum absolute atomic E-state index is 0.0769. The van der Waals surface area contributed by atoms with E-state index in [2.05, 4.69) is 9.71 Å². The zero-order chi connectivity index (χ0) is 12.7. The summed E-state index contributed by atoms with van der Waals surface area (Å²) in [7, 11) is -3.25. The summed E-state index contributed by atoms with van der Waals surface area (Å²) in [5.74, 6) is 0.0769. The van der Waals surface area contributed by atoms with Crippen LogP contribution in [-0.2, 0) is 16.4 Å². The molecule has 5 nitrogen and oxygen atoms in total. The molecule has 0 aromatic carbocycles. The Morgan fingerprint density at radius 2 is 2.06 bits per heavy atom. The van der Waals surface area contributed by atoms with E-state index >= 15 is 0 Å². The van der Waals surface area contributed by atoms with Gasteiger partial charge in [0.2, 0.25) is 10.0 Å². The second kappa shape index (κ2) is 6.68. The van der Waals surface area contributed by atoms with Gasteiger partial charge < -0.3 is 5.73 Å². The number of pyridine rings is 1. The third-order valence-electron chi connectivity index (χ3n) is 2.53. The van der Waals surface area contributed by atoms with E-state index in [0.717, 1.165) is 5.56 Å². The maximum atomic E-state index is 11.7. The van der Waals surface area contributed by atoms with Gasteiger partial charge in [-0.25, -0.2) is 13.1 Å².